The van der Waals surface area contributed by atoms with Crippen molar-refractivity contribution >= 4 is 30.3 Å². The topological polar surface area (TPSA) is 73.8 Å². The molecule has 0 aliphatic carbocycles. The number of hydrogen-bond donors (Lipinski definition) is 1. The molecular formula is C9H11BN4O. The number of aryl methyl sites for hydroxylation is 1. The molecule has 0 atom stereocenters. The van der Waals surface area contributed by atoms with Crippen molar-refractivity contribution in [2.75, 3.05) is 5.73 Å². The largest absolute Gasteiger partial charge is 0.368 e. The third-order valence-electron chi connectivity index (χ3n) is 2.34. The number of nitrogen functional groups attached to an aromatic ring is 1. The maximum atomic E-state index is 11.8. The number of aromatic nitrogens is 3. The standard InChI is InChI=1S/C9H11BN4O/c1-2-14-7-5(3-6(10)8(14)15)4-12-9(11)13-7/h3-4H,2,10H2,1H3,(H2,11,12,13). The van der Waals surface area contributed by atoms with Crippen molar-refractivity contribution in [1.29, 1.82) is 0 Å². The average Bonchev–Trinajstić information content (AvgIpc) is 2.21. The third kappa shape index (κ3) is 1.47. The van der Waals surface area contributed by atoms with Gasteiger partial charge in [-0.05, 0) is 12.4 Å². The van der Waals surface area contributed by atoms with Crippen LogP contribution in [0.15, 0.2) is 17.1 Å². The third-order valence-corrected chi connectivity index (χ3v) is 2.34. The van der Waals surface area contributed by atoms with E-state index in [-0.39, 0.29) is 11.5 Å². The number of rotatable bonds is 1. The van der Waals surface area contributed by atoms with Gasteiger partial charge in [-0.25, -0.2) is 4.98 Å². The van der Waals surface area contributed by atoms with Crippen molar-refractivity contribution in [2.24, 2.45) is 0 Å². The molecule has 5 nitrogen and oxygen atoms in total. The molecule has 15 heavy (non-hydrogen) atoms. The summed E-state index contributed by atoms with van der Waals surface area (Å²) in [5, 5.41) is 0.836. The van der Waals surface area contributed by atoms with Crippen LogP contribution in [0.5, 0.6) is 0 Å². The van der Waals surface area contributed by atoms with Crippen LogP contribution >= 0.6 is 0 Å². The lowest BCUT2D eigenvalue weighted by Gasteiger charge is -2.08. The summed E-state index contributed by atoms with van der Waals surface area (Å²) in [6.07, 6.45) is 1.64. The molecule has 0 amide bonds. The first-order valence-electron chi connectivity index (χ1n) is 4.76. The van der Waals surface area contributed by atoms with E-state index in [1.807, 2.05) is 6.92 Å². The summed E-state index contributed by atoms with van der Waals surface area (Å²) in [5.41, 5.74) is 6.76. The molecule has 6 heteroatoms. The van der Waals surface area contributed by atoms with Gasteiger partial charge in [0.25, 0.3) is 0 Å². The number of anilines is 1. The highest BCUT2D eigenvalue weighted by molar-refractivity contribution is 6.32. The molecule has 0 spiro atoms. The lowest BCUT2D eigenvalue weighted by atomic mass is 9.97. The van der Waals surface area contributed by atoms with Crippen molar-refractivity contribution in [1.82, 2.24) is 14.5 Å². The molecule has 0 fully saturated rings. The van der Waals surface area contributed by atoms with Gasteiger partial charge < -0.3 is 5.73 Å². The van der Waals surface area contributed by atoms with Gasteiger partial charge in [0, 0.05) is 18.1 Å². The van der Waals surface area contributed by atoms with E-state index in [1.165, 1.54) is 0 Å². The Morgan fingerprint density at radius 2 is 2.33 bits per heavy atom. The molecule has 76 valence electrons. The van der Waals surface area contributed by atoms with Crippen LogP contribution in [-0.4, -0.2) is 22.4 Å². The second-order valence-electron chi connectivity index (χ2n) is 3.38. The van der Waals surface area contributed by atoms with E-state index in [0.29, 0.717) is 17.7 Å². The van der Waals surface area contributed by atoms with E-state index in [4.69, 9.17) is 5.73 Å². The van der Waals surface area contributed by atoms with Crippen LogP contribution in [0, 0.1) is 0 Å². The molecule has 0 bridgehead atoms. The molecular weight excluding hydrogens is 191 g/mol. The molecule has 2 aromatic rings. The Morgan fingerprint density at radius 1 is 1.60 bits per heavy atom. The van der Waals surface area contributed by atoms with E-state index < -0.39 is 0 Å². The Balaban J connectivity index is 2.96. The smallest absolute Gasteiger partial charge is 0.245 e. The molecule has 2 rings (SSSR count). The van der Waals surface area contributed by atoms with E-state index >= 15 is 0 Å². The zero-order chi connectivity index (χ0) is 11.0. The Hall–Kier alpha value is -1.85. The summed E-state index contributed by atoms with van der Waals surface area (Å²) < 4.78 is 1.60. The first-order chi connectivity index (χ1) is 7.13. The normalized spacial score (nSPS) is 10.7. The van der Waals surface area contributed by atoms with Crippen molar-refractivity contribution < 1.29 is 0 Å². The van der Waals surface area contributed by atoms with E-state index in [9.17, 15) is 4.79 Å². The van der Waals surface area contributed by atoms with Crippen LogP contribution in [0.3, 0.4) is 0 Å². The van der Waals surface area contributed by atoms with Crippen LogP contribution in [-0.2, 0) is 6.54 Å². The summed E-state index contributed by atoms with van der Waals surface area (Å²) in [7, 11) is 1.78. The maximum absolute atomic E-state index is 11.8. The molecule has 0 aliphatic heterocycles. The van der Waals surface area contributed by atoms with Gasteiger partial charge >= 0.3 is 0 Å². The van der Waals surface area contributed by atoms with Gasteiger partial charge in [-0.2, -0.15) is 4.98 Å². The molecule has 2 aromatic heterocycles. The minimum Gasteiger partial charge on any atom is -0.368 e. The molecule has 2 heterocycles. The van der Waals surface area contributed by atoms with Gasteiger partial charge in [0.2, 0.25) is 11.5 Å². The van der Waals surface area contributed by atoms with Gasteiger partial charge in [-0.15, -0.1) is 0 Å². The second kappa shape index (κ2) is 3.38. The van der Waals surface area contributed by atoms with Crippen LogP contribution < -0.4 is 16.8 Å². The Bertz CT molecular complexity index is 578. The first kappa shape index (κ1) is 9.70. The van der Waals surface area contributed by atoms with E-state index in [0.717, 1.165) is 5.39 Å². The molecule has 0 saturated heterocycles. The lowest BCUT2D eigenvalue weighted by molar-refractivity contribution is 0.753. The van der Waals surface area contributed by atoms with Crippen LogP contribution in [0.4, 0.5) is 5.95 Å². The second-order valence-corrected chi connectivity index (χ2v) is 3.38. The molecule has 0 unspecified atom stereocenters. The van der Waals surface area contributed by atoms with Crippen LogP contribution in [0.25, 0.3) is 11.0 Å². The minimum atomic E-state index is -0.0249. The summed E-state index contributed by atoms with van der Waals surface area (Å²) in [5.74, 6) is 0.188. The van der Waals surface area contributed by atoms with Gasteiger partial charge in [-0.1, -0.05) is 6.07 Å². The number of pyridine rings is 1. The zero-order valence-electron chi connectivity index (χ0n) is 8.69. The van der Waals surface area contributed by atoms with Crippen molar-refractivity contribution in [3.8, 4) is 0 Å². The molecule has 0 aliphatic rings. The number of nitrogens with zero attached hydrogens (tertiary/aromatic N) is 3. The Kier molecular flexibility index (Phi) is 2.19. The predicted octanol–water partition coefficient (Wildman–Crippen LogP) is -1.35. The van der Waals surface area contributed by atoms with E-state index in [2.05, 4.69) is 9.97 Å². The van der Waals surface area contributed by atoms with Crippen LogP contribution in [0.2, 0.25) is 0 Å². The zero-order valence-corrected chi connectivity index (χ0v) is 8.69. The number of nitrogens with two attached hydrogens (primary N) is 1. The molecule has 2 N–H and O–H groups in total. The van der Waals surface area contributed by atoms with Crippen molar-refractivity contribution in [2.45, 2.75) is 13.5 Å². The molecule has 0 radical (unpaired) electrons. The summed E-state index contributed by atoms with van der Waals surface area (Å²) in [6.45, 7) is 2.48. The van der Waals surface area contributed by atoms with Crippen molar-refractivity contribution in [3.05, 3.63) is 22.6 Å². The molecule has 0 saturated carbocycles. The lowest BCUT2D eigenvalue weighted by Crippen LogP contribution is -2.34. The van der Waals surface area contributed by atoms with Gasteiger partial charge in [0.05, 0.1) is 0 Å². The van der Waals surface area contributed by atoms with Crippen LogP contribution in [0.1, 0.15) is 6.92 Å². The summed E-state index contributed by atoms with van der Waals surface area (Å²) >= 11 is 0. The summed E-state index contributed by atoms with van der Waals surface area (Å²) in [6, 6.07) is 1.78. The van der Waals surface area contributed by atoms with Gasteiger partial charge in [0.1, 0.15) is 13.5 Å². The highest BCUT2D eigenvalue weighted by Crippen LogP contribution is 2.07. The monoisotopic (exact) mass is 202 g/mol. The fourth-order valence-electron chi connectivity index (χ4n) is 1.61. The number of fused-ring (bicyclic) bond motifs is 1. The Labute approximate surface area is 87.4 Å². The number of hydrogen-bond acceptors (Lipinski definition) is 4. The molecule has 0 aromatic carbocycles. The summed E-state index contributed by atoms with van der Waals surface area (Å²) in [4.78, 5) is 19.8. The average molecular weight is 202 g/mol. The highest BCUT2D eigenvalue weighted by atomic mass is 16.1. The van der Waals surface area contributed by atoms with E-state index in [1.54, 1.807) is 24.7 Å². The first-order valence-corrected chi connectivity index (χ1v) is 4.76. The van der Waals surface area contributed by atoms with Crippen molar-refractivity contribution in [3.63, 3.8) is 0 Å². The minimum absolute atomic E-state index is 0.0249. The SMILES string of the molecule is Bc1cc2cnc(N)nc2n(CC)c1=O. The fraction of sp³-hybridized carbons (Fsp3) is 0.222. The quantitative estimate of drug-likeness (QED) is 0.580. The Morgan fingerprint density at radius 3 is 3.00 bits per heavy atom. The highest BCUT2D eigenvalue weighted by Gasteiger charge is 2.06. The predicted molar refractivity (Wildman–Crippen MR) is 62.1 cm³/mol. The fourth-order valence-corrected chi connectivity index (χ4v) is 1.61. The maximum Gasteiger partial charge on any atom is 0.245 e. The van der Waals surface area contributed by atoms with Gasteiger partial charge in [0.15, 0.2) is 0 Å². The van der Waals surface area contributed by atoms with Gasteiger partial charge in [-0.3, -0.25) is 9.36 Å².